The second kappa shape index (κ2) is 4.98. The number of halogens is 1. The maximum absolute atomic E-state index is 12.1. The molecule has 0 saturated heterocycles. The number of rotatable bonds is 1. The Hall–Kier alpha value is -2.18. The van der Waals surface area contributed by atoms with Gasteiger partial charge in [-0.3, -0.25) is 14.0 Å². The lowest BCUT2D eigenvalue weighted by Crippen LogP contribution is -2.16. The Morgan fingerprint density at radius 2 is 2.14 bits per heavy atom. The van der Waals surface area contributed by atoms with Gasteiger partial charge < -0.3 is 5.73 Å². The molecule has 0 amide bonds. The third-order valence-corrected chi connectivity index (χ3v) is 4.33. The molecule has 2 heterocycles. The van der Waals surface area contributed by atoms with Crippen molar-refractivity contribution < 1.29 is 4.79 Å². The number of anilines is 1. The zero-order valence-electron chi connectivity index (χ0n) is 11.0. The van der Waals surface area contributed by atoms with E-state index < -0.39 is 5.56 Å². The molecule has 1 aliphatic carbocycles. The van der Waals surface area contributed by atoms with E-state index in [4.69, 9.17) is 17.3 Å². The van der Waals surface area contributed by atoms with Crippen LogP contribution in [0.25, 0.3) is 11.0 Å². The minimum absolute atomic E-state index is 0.100. The van der Waals surface area contributed by atoms with Gasteiger partial charge in [-0.1, -0.05) is 17.7 Å². The molecule has 0 aromatic carbocycles. The zero-order chi connectivity index (χ0) is 15.1. The third-order valence-electron chi connectivity index (χ3n) is 3.09. The van der Waals surface area contributed by atoms with Crippen molar-refractivity contribution in [2.24, 2.45) is 0 Å². The first kappa shape index (κ1) is 13.8. The lowest BCUT2D eigenvalue weighted by Gasteiger charge is -2.07. The van der Waals surface area contributed by atoms with Crippen LogP contribution < -0.4 is 11.3 Å². The summed E-state index contributed by atoms with van der Waals surface area (Å²) in [6.45, 7) is 1.89. The second-order valence-corrected chi connectivity index (χ2v) is 5.79. The number of nitrogens with two attached hydrogens (primary N) is 1. The summed E-state index contributed by atoms with van der Waals surface area (Å²) >= 11 is 7.16. The van der Waals surface area contributed by atoms with E-state index in [0.717, 1.165) is 5.69 Å². The molecular formula is C14H10ClN3O2S. The molecular weight excluding hydrogens is 310 g/mol. The number of aromatic nitrogens is 2. The van der Waals surface area contributed by atoms with Crippen LogP contribution in [-0.4, -0.2) is 15.2 Å². The van der Waals surface area contributed by atoms with Gasteiger partial charge in [-0.25, -0.2) is 0 Å². The lowest BCUT2D eigenvalue weighted by atomic mass is 10.1. The van der Waals surface area contributed by atoms with Gasteiger partial charge in [0.05, 0.1) is 10.6 Å². The first-order valence-electron chi connectivity index (χ1n) is 6.05. The Morgan fingerprint density at radius 1 is 1.38 bits per heavy atom. The van der Waals surface area contributed by atoms with Crippen molar-refractivity contribution >= 4 is 45.6 Å². The summed E-state index contributed by atoms with van der Waals surface area (Å²) in [5.74, 6) is 0.0619. The first-order valence-corrected chi connectivity index (χ1v) is 7.31. The van der Waals surface area contributed by atoms with Crippen LogP contribution >= 0.6 is 22.9 Å². The van der Waals surface area contributed by atoms with Gasteiger partial charge in [0.15, 0.2) is 10.7 Å². The molecule has 0 bridgehead atoms. The Kier molecular flexibility index (Phi) is 3.27. The number of nitrogens with zero attached hydrogens (tertiary/aromatic N) is 2. The van der Waals surface area contributed by atoms with Gasteiger partial charge in [0.1, 0.15) is 5.82 Å². The SMILES string of the molecule is Cc1csc2nc(=O)c(C=C3C=CC(=O)C(Cl)=C3)c(N)n12. The molecule has 3 rings (SSSR count). The van der Waals surface area contributed by atoms with Gasteiger partial charge in [-0.05, 0) is 30.7 Å². The van der Waals surface area contributed by atoms with Crippen LogP contribution in [0.3, 0.4) is 0 Å². The van der Waals surface area contributed by atoms with Crippen molar-refractivity contribution in [2.45, 2.75) is 6.92 Å². The van der Waals surface area contributed by atoms with Gasteiger partial charge in [0.25, 0.3) is 5.56 Å². The van der Waals surface area contributed by atoms with Crippen LogP contribution in [-0.2, 0) is 4.79 Å². The van der Waals surface area contributed by atoms with Crippen molar-refractivity contribution in [3.8, 4) is 0 Å². The van der Waals surface area contributed by atoms with Gasteiger partial charge in [0, 0.05) is 11.1 Å². The molecule has 21 heavy (non-hydrogen) atoms. The number of allylic oxidation sites excluding steroid dienone is 5. The summed E-state index contributed by atoms with van der Waals surface area (Å²) in [6.07, 6.45) is 6.02. The van der Waals surface area contributed by atoms with E-state index in [0.29, 0.717) is 16.4 Å². The lowest BCUT2D eigenvalue weighted by molar-refractivity contribution is -0.110. The molecule has 2 aromatic rings. The summed E-state index contributed by atoms with van der Waals surface area (Å²) in [6, 6.07) is 0. The van der Waals surface area contributed by atoms with Crippen LogP contribution in [0.5, 0.6) is 0 Å². The number of carbonyl (C=O) groups is 1. The fraction of sp³-hybridized carbons (Fsp3) is 0.0714. The van der Waals surface area contributed by atoms with E-state index in [9.17, 15) is 9.59 Å². The summed E-state index contributed by atoms with van der Waals surface area (Å²) in [5.41, 5.74) is 7.49. The van der Waals surface area contributed by atoms with Crippen molar-refractivity contribution in [1.82, 2.24) is 9.38 Å². The highest BCUT2D eigenvalue weighted by Gasteiger charge is 2.13. The molecule has 7 heteroatoms. The number of hydrogen-bond acceptors (Lipinski definition) is 5. The molecule has 0 atom stereocenters. The van der Waals surface area contributed by atoms with E-state index in [-0.39, 0.29) is 16.4 Å². The van der Waals surface area contributed by atoms with E-state index in [1.54, 1.807) is 16.6 Å². The third kappa shape index (κ3) is 2.32. The van der Waals surface area contributed by atoms with E-state index in [1.807, 2.05) is 12.3 Å². The summed E-state index contributed by atoms with van der Waals surface area (Å²) in [4.78, 5) is 28.0. The number of thiazole rings is 1. The van der Waals surface area contributed by atoms with Crippen molar-refractivity contribution in [2.75, 3.05) is 5.73 Å². The second-order valence-electron chi connectivity index (χ2n) is 4.55. The number of ketones is 1. The maximum atomic E-state index is 12.1. The molecule has 5 nitrogen and oxygen atoms in total. The molecule has 0 fully saturated rings. The Morgan fingerprint density at radius 3 is 2.86 bits per heavy atom. The molecule has 0 aliphatic heterocycles. The van der Waals surface area contributed by atoms with Gasteiger partial charge in [-0.15, -0.1) is 11.3 Å². The Labute approximate surface area is 128 Å². The number of aryl methyl sites for hydroxylation is 1. The Balaban J connectivity index is 2.22. The number of fused-ring (bicyclic) bond motifs is 1. The number of hydrogen-bond donors (Lipinski definition) is 1. The average molecular weight is 320 g/mol. The van der Waals surface area contributed by atoms with Crippen LogP contribution in [0.4, 0.5) is 5.82 Å². The zero-order valence-corrected chi connectivity index (χ0v) is 12.5. The molecule has 2 N–H and O–H groups in total. The first-order chi connectivity index (χ1) is 9.97. The minimum Gasteiger partial charge on any atom is -0.384 e. The van der Waals surface area contributed by atoms with Crippen LogP contribution in [0, 0.1) is 6.92 Å². The average Bonchev–Trinajstić information content (AvgIpc) is 2.80. The molecule has 0 radical (unpaired) electrons. The number of nitrogen functional groups attached to an aromatic ring is 1. The molecule has 106 valence electrons. The fourth-order valence-electron chi connectivity index (χ4n) is 2.05. The highest BCUT2D eigenvalue weighted by atomic mass is 35.5. The summed E-state index contributed by atoms with van der Waals surface area (Å²) in [7, 11) is 0. The highest BCUT2D eigenvalue weighted by molar-refractivity contribution is 7.15. The minimum atomic E-state index is -0.406. The Bertz CT molecular complexity index is 918. The van der Waals surface area contributed by atoms with Crippen LogP contribution in [0.1, 0.15) is 11.3 Å². The predicted octanol–water partition coefficient (Wildman–Crippen LogP) is 2.29. The van der Waals surface area contributed by atoms with Gasteiger partial charge >= 0.3 is 0 Å². The van der Waals surface area contributed by atoms with E-state index >= 15 is 0 Å². The van der Waals surface area contributed by atoms with Gasteiger partial charge in [-0.2, -0.15) is 4.98 Å². The monoisotopic (exact) mass is 319 g/mol. The standard InChI is InChI=1S/C14H10ClN3O2S/c1-7-6-21-14-17-13(20)9(12(16)18(7)14)4-8-2-3-11(19)10(15)5-8/h2-6H,16H2,1H3. The van der Waals surface area contributed by atoms with Crippen molar-refractivity contribution in [3.05, 3.63) is 55.8 Å². The van der Waals surface area contributed by atoms with Crippen molar-refractivity contribution in [3.63, 3.8) is 0 Å². The quantitative estimate of drug-likeness (QED) is 0.875. The van der Waals surface area contributed by atoms with E-state index in [1.165, 1.54) is 23.5 Å². The summed E-state index contributed by atoms with van der Waals surface area (Å²) in [5, 5.41) is 1.98. The molecule has 2 aromatic heterocycles. The van der Waals surface area contributed by atoms with Crippen molar-refractivity contribution in [1.29, 1.82) is 0 Å². The molecule has 1 aliphatic rings. The normalized spacial score (nSPS) is 16.8. The fourth-order valence-corrected chi connectivity index (χ4v) is 3.10. The van der Waals surface area contributed by atoms with Crippen LogP contribution in [0.15, 0.2) is 39.0 Å². The molecule has 0 spiro atoms. The topological polar surface area (TPSA) is 77.5 Å². The van der Waals surface area contributed by atoms with Crippen LogP contribution in [0.2, 0.25) is 0 Å². The smallest absolute Gasteiger partial charge is 0.283 e. The summed E-state index contributed by atoms with van der Waals surface area (Å²) < 4.78 is 1.72. The highest BCUT2D eigenvalue weighted by Crippen LogP contribution is 2.22. The maximum Gasteiger partial charge on any atom is 0.283 e. The van der Waals surface area contributed by atoms with Gasteiger partial charge in [0.2, 0.25) is 0 Å². The largest absolute Gasteiger partial charge is 0.384 e. The predicted molar refractivity (Wildman–Crippen MR) is 84.5 cm³/mol. The molecule has 0 saturated carbocycles. The number of carbonyl (C=O) groups excluding carboxylic acids is 1. The van der Waals surface area contributed by atoms with E-state index in [2.05, 4.69) is 4.98 Å². The molecule has 0 unspecified atom stereocenters.